The van der Waals surface area contributed by atoms with Crippen LogP contribution in [0.15, 0.2) is 150 Å². The SMILES string of the molecule is c1ccc(-c2nc(-c3ccc(-c4ccccc4)c4ccccc34)nc(-c3cccc4oc5cc6ncccc6cc5c34)n2)cc1. The summed E-state index contributed by atoms with van der Waals surface area (Å²) in [5, 5.41) is 5.25. The Kier molecular flexibility index (Phi) is 5.74. The molecule has 210 valence electrons. The van der Waals surface area contributed by atoms with E-state index < -0.39 is 0 Å². The molecule has 3 aromatic heterocycles. The van der Waals surface area contributed by atoms with Gasteiger partial charge in [0.15, 0.2) is 17.5 Å². The molecule has 0 unspecified atom stereocenters. The van der Waals surface area contributed by atoms with E-state index >= 15 is 0 Å². The molecule has 0 N–H and O–H groups in total. The van der Waals surface area contributed by atoms with Gasteiger partial charge < -0.3 is 4.42 Å². The molecule has 0 aliphatic heterocycles. The van der Waals surface area contributed by atoms with Gasteiger partial charge in [-0.05, 0) is 46.2 Å². The summed E-state index contributed by atoms with van der Waals surface area (Å²) in [6.07, 6.45) is 1.80. The van der Waals surface area contributed by atoms with Crippen LogP contribution in [0.25, 0.3) is 88.9 Å². The van der Waals surface area contributed by atoms with Crippen LogP contribution in [0.2, 0.25) is 0 Å². The third-order valence-electron chi connectivity index (χ3n) is 8.38. The van der Waals surface area contributed by atoms with Gasteiger partial charge >= 0.3 is 0 Å². The summed E-state index contributed by atoms with van der Waals surface area (Å²) in [5.41, 5.74) is 7.56. The highest BCUT2D eigenvalue weighted by Crippen LogP contribution is 2.39. The number of aromatic nitrogens is 4. The number of pyridine rings is 1. The zero-order valence-corrected chi connectivity index (χ0v) is 24.1. The first-order chi connectivity index (χ1) is 22.3. The van der Waals surface area contributed by atoms with Gasteiger partial charge in [0.05, 0.1) is 5.52 Å². The minimum atomic E-state index is 0.592. The maximum Gasteiger partial charge on any atom is 0.164 e. The second-order valence-corrected chi connectivity index (χ2v) is 11.1. The maximum atomic E-state index is 6.35. The van der Waals surface area contributed by atoms with Crippen molar-refractivity contribution in [2.24, 2.45) is 0 Å². The number of furan rings is 1. The molecule has 0 radical (unpaired) electrons. The summed E-state index contributed by atoms with van der Waals surface area (Å²) in [4.78, 5) is 19.8. The summed E-state index contributed by atoms with van der Waals surface area (Å²) in [7, 11) is 0. The fourth-order valence-corrected chi connectivity index (χ4v) is 6.28. The average Bonchev–Trinajstić information content (AvgIpc) is 3.48. The van der Waals surface area contributed by atoms with Crippen molar-refractivity contribution in [1.82, 2.24) is 19.9 Å². The largest absolute Gasteiger partial charge is 0.456 e. The van der Waals surface area contributed by atoms with E-state index in [0.29, 0.717) is 17.5 Å². The predicted octanol–water partition coefficient (Wildman–Crippen LogP) is 10.1. The third kappa shape index (κ3) is 4.25. The second-order valence-electron chi connectivity index (χ2n) is 11.1. The van der Waals surface area contributed by atoms with E-state index in [1.54, 1.807) is 6.20 Å². The van der Waals surface area contributed by atoms with Gasteiger partial charge in [0.2, 0.25) is 0 Å². The van der Waals surface area contributed by atoms with Gasteiger partial charge in [-0.25, -0.2) is 15.0 Å². The van der Waals surface area contributed by atoms with Crippen LogP contribution in [-0.2, 0) is 0 Å². The minimum absolute atomic E-state index is 0.592. The number of hydrogen-bond acceptors (Lipinski definition) is 5. The van der Waals surface area contributed by atoms with Crippen molar-refractivity contribution < 1.29 is 4.42 Å². The molecule has 0 saturated heterocycles. The first-order valence-corrected chi connectivity index (χ1v) is 14.9. The highest BCUT2D eigenvalue weighted by Gasteiger charge is 2.19. The van der Waals surface area contributed by atoms with Gasteiger partial charge in [-0.3, -0.25) is 4.98 Å². The van der Waals surface area contributed by atoms with E-state index in [-0.39, 0.29) is 0 Å². The average molecular weight is 577 g/mol. The number of benzene rings is 6. The zero-order chi connectivity index (χ0) is 29.7. The Balaban J connectivity index is 1.32. The summed E-state index contributed by atoms with van der Waals surface area (Å²) >= 11 is 0. The van der Waals surface area contributed by atoms with Crippen molar-refractivity contribution in [2.45, 2.75) is 0 Å². The first-order valence-electron chi connectivity index (χ1n) is 14.9. The van der Waals surface area contributed by atoms with Gasteiger partial charge in [0.1, 0.15) is 11.2 Å². The molecule has 3 heterocycles. The fraction of sp³-hybridized carbons (Fsp3) is 0. The lowest BCUT2D eigenvalue weighted by molar-refractivity contribution is 0.669. The number of nitrogens with zero attached hydrogens (tertiary/aromatic N) is 4. The molecule has 0 atom stereocenters. The summed E-state index contributed by atoms with van der Waals surface area (Å²) in [6.45, 7) is 0. The van der Waals surface area contributed by atoms with Crippen LogP contribution in [0.3, 0.4) is 0 Å². The highest BCUT2D eigenvalue weighted by atomic mass is 16.3. The molecule has 6 aromatic carbocycles. The molecule has 0 amide bonds. The normalized spacial score (nSPS) is 11.6. The van der Waals surface area contributed by atoms with E-state index in [9.17, 15) is 0 Å². The molecule has 0 aliphatic rings. The van der Waals surface area contributed by atoms with Crippen LogP contribution in [0.5, 0.6) is 0 Å². The van der Waals surface area contributed by atoms with Crippen molar-refractivity contribution in [1.29, 1.82) is 0 Å². The zero-order valence-electron chi connectivity index (χ0n) is 24.1. The Bertz CT molecular complexity index is 2540. The third-order valence-corrected chi connectivity index (χ3v) is 8.38. The van der Waals surface area contributed by atoms with E-state index in [4.69, 9.17) is 19.4 Å². The first kappa shape index (κ1) is 25.3. The topological polar surface area (TPSA) is 64.7 Å². The minimum Gasteiger partial charge on any atom is -0.456 e. The van der Waals surface area contributed by atoms with Gasteiger partial charge in [0.25, 0.3) is 0 Å². The van der Waals surface area contributed by atoms with Gasteiger partial charge in [-0.1, -0.05) is 109 Å². The Morgan fingerprint density at radius 1 is 0.422 bits per heavy atom. The summed E-state index contributed by atoms with van der Waals surface area (Å²) < 4.78 is 6.35. The van der Waals surface area contributed by atoms with Crippen LogP contribution < -0.4 is 0 Å². The molecule has 0 saturated carbocycles. The fourth-order valence-electron chi connectivity index (χ4n) is 6.28. The second kappa shape index (κ2) is 10.2. The van der Waals surface area contributed by atoms with Crippen molar-refractivity contribution in [3.63, 3.8) is 0 Å². The van der Waals surface area contributed by atoms with Crippen LogP contribution in [0, 0.1) is 0 Å². The van der Waals surface area contributed by atoms with Crippen molar-refractivity contribution in [3.05, 3.63) is 146 Å². The molecule has 45 heavy (non-hydrogen) atoms. The Morgan fingerprint density at radius 3 is 1.89 bits per heavy atom. The number of fused-ring (bicyclic) bond motifs is 5. The lowest BCUT2D eigenvalue weighted by Crippen LogP contribution is -2.01. The molecule has 0 bridgehead atoms. The lowest BCUT2D eigenvalue weighted by Gasteiger charge is -2.13. The molecule has 9 aromatic rings. The molecule has 5 heteroatoms. The molecule has 5 nitrogen and oxygen atoms in total. The standard InChI is InChI=1S/C40H24N4O/c1-3-11-25(12-4-1)28-20-21-31(30-17-8-7-16-29(28)30)39-42-38(26-13-5-2-6-14-26)43-40(44-39)32-18-9-19-35-37(32)33-23-27-15-10-22-41-34(27)24-36(33)45-35/h1-24H. The van der Waals surface area contributed by atoms with E-state index in [2.05, 4.69) is 83.8 Å². The Labute approximate surface area is 258 Å². The van der Waals surface area contributed by atoms with Crippen LogP contribution in [0.4, 0.5) is 0 Å². The molecule has 0 aliphatic carbocycles. The summed E-state index contributed by atoms with van der Waals surface area (Å²) in [6, 6.07) is 47.5. The van der Waals surface area contributed by atoms with Gasteiger partial charge in [-0.2, -0.15) is 0 Å². The van der Waals surface area contributed by atoms with Crippen LogP contribution in [-0.4, -0.2) is 19.9 Å². The summed E-state index contributed by atoms with van der Waals surface area (Å²) in [5.74, 6) is 1.83. The van der Waals surface area contributed by atoms with Crippen molar-refractivity contribution in [3.8, 4) is 45.3 Å². The molecular weight excluding hydrogens is 552 g/mol. The monoisotopic (exact) mass is 576 g/mol. The molecule has 0 fully saturated rings. The smallest absolute Gasteiger partial charge is 0.164 e. The molecule has 9 rings (SSSR count). The van der Waals surface area contributed by atoms with Crippen molar-refractivity contribution in [2.75, 3.05) is 0 Å². The van der Waals surface area contributed by atoms with Gasteiger partial charge in [0, 0.05) is 45.1 Å². The van der Waals surface area contributed by atoms with Gasteiger partial charge in [-0.15, -0.1) is 0 Å². The van der Waals surface area contributed by atoms with Crippen LogP contribution >= 0.6 is 0 Å². The quantitative estimate of drug-likeness (QED) is 0.209. The predicted molar refractivity (Wildman–Crippen MR) is 182 cm³/mol. The number of rotatable bonds is 4. The molecule has 0 spiro atoms. The van der Waals surface area contributed by atoms with E-state index in [1.165, 1.54) is 11.1 Å². The highest BCUT2D eigenvalue weighted by molar-refractivity contribution is 6.15. The maximum absolute atomic E-state index is 6.35. The van der Waals surface area contributed by atoms with Crippen molar-refractivity contribution >= 4 is 43.6 Å². The molecular formula is C40H24N4O. The number of hydrogen-bond donors (Lipinski definition) is 0. The lowest BCUT2D eigenvalue weighted by atomic mass is 9.94. The van der Waals surface area contributed by atoms with E-state index in [1.807, 2.05) is 60.7 Å². The van der Waals surface area contributed by atoms with Crippen LogP contribution in [0.1, 0.15) is 0 Å². The Morgan fingerprint density at radius 2 is 1.09 bits per heavy atom. The Hall–Kier alpha value is -6.20. The van der Waals surface area contributed by atoms with E-state index in [0.717, 1.165) is 60.3 Å².